The molecule has 0 aromatic heterocycles. The number of rotatable bonds is 2. The highest BCUT2D eigenvalue weighted by Crippen LogP contribution is 2.23. The van der Waals surface area contributed by atoms with Gasteiger partial charge in [0.1, 0.15) is 0 Å². The summed E-state index contributed by atoms with van der Waals surface area (Å²) in [5, 5.41) is 0. The molecule has 1 fully saturated rings. The van der Waals surface area contributed by atoms with E-state index in [4.69, 9.17) is 0 Å². The van der Waals surface area contributed by atoms with E-state index in [0.29, 0.717) is 6.10 Å². The van der Waals surface area contributed by atoms with Crippen molar-refractivity contribution in [2.24, 2.45) is 0 Å². The minimum absolute atomic E-state index is 0.350. The Morgan fingerprint density at radius 2 is 2.17 bits per heavy atom. The fourth-order valence-corrected chi connectivity index (χ4v) is 0.347. The molecule has 0 saturated heterocycles. The fourth-order valence-electron chi connectivity index (χ4n) is 0.225. The van der Waals surface area contributed by atoms with Crippen LogP contribution in [-0.2, 0) is 9.22 Å². The van der Waals surface area contributed by atoms with Crippen molar-refractivity contribution >= 4 is 12.9 Å². The third-order valence-corrected chi connectivity index (χ3v) is 0.790. The van der Waals surface area contributed by atoms with E-state index < -0.39 is 0 Å². The summed E-state index contributed by atoms with van der Waals surface area (Å²) in [7, 11) is 0. The average molecular weight is 106 g/mol. The van der Waals surface area contributed by atoms with Crippen molar-refractivity contribution in [3.63, 3.8) is 0 Å². The molecule has 0 amide bonds. The van der Waals surface area contributed by atoms with Crippen LogP contribution in [0.5, 0.6) is 0 Å². The van der Waals surface area contributed by atoms with Gasteiger partial charge in [-0.3, -0.25) is 0 Å². The average Bonchev–Trinajstić information content (AvgIpc) is 2.21. The second-order valence-corrected chi connectivity index (χ2v) is 1.52. The lowest BCUT2D eigenvalue weighted by Gasteiger charge is -1.87. The maximum atomic E-state index is 4.52. The van der Waals surface area contributed by atoms with Crippen molar-refractivity contribution in [2.45, 2.75) is 18.9 Å². The maximum absolute atomic E-state index is 4.52. The number of hydrogen-bond donors (Lipinski definition) is 1. The van der Waals surface area contributed by atoms with Gasteiger partial charge in [-0.2, -0.15) is 4.33 Å². The minimum atomic E-state index is 0.350. The molecule has 0 heterocycles. The molecule has 0 aliphatic heterocycles. The summed E-state index contributed by atoms with van der Waals surface area (Å²) < 4.78 is 4.06. The molecular weight excluding hydrogens is 100 g/mol. The van der Waals surface area contributed by atoms with E-state index in [9.17, 15) is 0 Å². The Balaban J connectivity index is 1.88. The molecule has 0 atom stereocenters. The van der Waals surface area contributed by atoms with Gasteiger partial charge in [0.2, 0.25) is 0 Å². The third kappa shape index (κ3) is 1.16. The van der Waals surface area contributed by atoms with Gasteiger partial charge in [-0.05, 0) is 12.8 Å². The van der Waals surface area contributed by atoms with E-state index in [1.165, 1.54) is 0 Å². The molecule has 1 saturated carbocycles. The maximum Gasteiger partial charge on any atom is 0.0944 e. The van der Waals surface area contributed by atoms with Crippen LogP contribution in [0.3, 0.4) is 0 Å². The highest BCUT2D eigenvalue weighted by atomic mass is 32.1. The first-order valence-electron chi connectivity index (χ1n) is 1.90. The summed E-state index contributed by atoms with van der Waals surface area (Å²) in [6, 6.07) is 0. The Labute approximate surface area is 42.0 Å². The highest BCUT2D eigenvalue weighted by Gasteiger charge is 2.22. The molecule has 0 aromatic rings. The summed E-state index contributed by atoms with van der Waals surface area (Å²) in [6.07, 6.45) is 2.60. The van der Waals surface area contributed by atoms with Crippen LogP contribution >= 0.6 is 12.9 Å². The lowest BCUT2D eigenvalue weighted by Crippen LogP contribution is -1.84. The van der Waals surface area contributed by atoms with E-state index >= 15 is 0 Å². The molecule has 0 bridgehead atoms. The SMILES string of the molecule is SOOC1CC1. The van der Waals surface area contributed by atoms with E-state index in [2.05, 4.69) is 22.1 Å². The molecule has 0 spiro atoms. The summed E-state index contributed by atoms with van der Waals surface area (Å²) in [6.45, 7) is 0. The Kier molecular flexibility index (Phi) is 1.34. The molecule has 36 valence electrons. The van der Waals surface area contributed by atoms with Crippen LogP contribution < -0.4 is 0 Å². The summed E-state index contributed by atoms with van der Waals surface area (Å²) in [4.78, 5) is 4.52. The predicted octanol–water partition coefficient (Wildman–Crippen LogP) is 0.942. The van der Waals surface area contributed by atoms with Crippen LogP contribution in [-0.4, -0.2) is 6.10 Å². The molecule has 3 heteroatoms. The fraction of sp³-hybridized carbons (Fsp3) is 1.00. The standard InChI is InChI=1S/C3H6O2S/c6-5-4-3-1-2-3/h3,6H,1-2H2. The van der Waals surface area contributed by atoms with Crippen LogP contribution in [0.25, 0.3) is 0 Å². The van der Waals surface area contributed by atoms with Crippen LogP contribution in [0.15, 0.2) is 0 Å². The van der Waals surface area contributed by atoms with Crippen LogP contribution in [0.1, 0.15) is 12.8 Å². The Morgan fingerprint density at radius 3 is 2.33 bits per heavy atom. The summed E-state index contributed by atoms with van der Waals surface area (Å²) in [5.41, 5.74) is 0. The van der Waals surface area contributed by atoms with Crippen molar-refractivity contribution in [3.05, 3.63) is 0 Å². The largest absolute Gasteiger partial charge is 0.221 e. The van der Waals surface area contributed by atoms with E-state index in [1.807, 2.05) is 0 Å². The van der Waals surface area contributed by atoms with Gasteiger partial charge in [-0.15, -0.1) is 0 Å². The molecule has 6 heavy (non-hydrogen) atoms. The first-order chi connectivity index (χ1) is 2.93. The number of thiol groups is 1. The zero-order chi connectivity index (χ0) is 4.41. The molecule has 0 N–H and O–H groups in total. The summed E-state index contributed by atoms with van der Waals surface area (Å²) >= 11 is 3.38. The normalized spacial score (nSPS) is 21.5. The quantitative estimate of drug-likeness (QED) is 0.244. The zero-order valence-corrected chi connectivity index (χ0v) is 4.15. The van der Waals surface area contributed by atoms with Crippen LogP contribution in [0.2, 0.25) is 0 Å². The summed E-state index contributed by atoms with van der Waals surface area (Å²) in [5.74, 6) is 0. The van der Waals surface area contributed by atoms with Crippen molar-refractivity contribution in [2.75, 3.05) is 0 Å². The van der Waals surface area contributed by atoms with Gasteiger partial charge in [-0.25, -0.2) is 4.89 Å². The van der Waals surface area contributed by atoms with Crippen molar-refractivity contribution in [1.82, 2.24) is 0 Å². The lowest BCUT2D eigenvalue weighted by atomic mass is 10.9. The zero-order valence-electron chi connectivity index (χ0n) is 3.26. The van der Waals surface area contributed by atoms with Gasteiger partial charge in [0.25, 0.3) is 0 Å². The van der Waals surface area contributed by atoms with E-state index in [0.717, 1.165) is 12.8 Å². The van der Waals surface area contributed by atoms with Gasteiger partial charge in [0.15, 0.2) is 0 Å². The molecule has 2 nitrogen and oxygen atoms in total. The Morgan fingerprint density at radius 1 is 1.50 bits per heavy atom. The molecule has 1 rings (SSSR count). The van der Waals surface area contributed by atoms with E-state index in [-0.39, 0.29) is 0 Å². The first-order valence-corrected chi connectivity index (χ1v) is 2.27. The van der Waals surface area contributed by atoms with Crippen molar-refractivity contribution in [3.8, 4) is 0 Å². The lowest BCUT2D eigenvalue weighted by molar-refractivity contribution is -0.198. The van der Waals surface area contributed by atoms with Gasteiger partial charge in [0, 0.05) is 12.9 Å². The second kappa shape index (κ2) is 1.82. The van der Waals surface area contributed by atoms with Crippen LogP contribution in [0, 0.1) is 0 Å². The van der Waals surface area contributed by atoms with Gasteiger partial charge >= 0.3 is 0 Å². The van der Waals surface area contributed by atoms with Gasteiger partial charge in [-0.1, -0.05) is 0 Å². The minimum Gasteiger partial charge on any atom is -0.221 e. The molecule has 0 aromatic carbocycles. The van der Waals surface area contributed by atoms with Crippen molar-refractivity contribution < 1.29 is 9.22 Å². The smallest absolute Gasteiger partial charge is 0.0944 e. The van der Waals surface area contributed by atoms with Gasteiger partial charge < -0.3 is 0 Å². The van der Waals surface area contributed by atoms with Crippen LogP contribution in [0.4, 0.5) is 0 Å². The second-order valence-electron chi connectivity index (χ2n) is 1.37. The molecular formula is C3H6O2S. The highest BCUT2D eigenvalue weighted by molar-refractivity contribution is 7.74. The van der Waals surface area contributed by atoms with Gasteiger partial charge in [0.05, 0.1) is 6.10 Å². The van der Waals surface area contributed by atoms with Crippen molar-refractivity contribution in [1.29, 1.82) is 0 Å². The molecule has 0 radical (unpaired) electrons. The van der Waals surface area contributed by atoms with E-state index in [1.54, 1.807) is 0 Å². The first kappa shape index (κ1) is 4.43. The Hall–Kier alpha value is 0.270. The molecule has 1 aliphatic rings. The molecule has 0 unspecified atom stereocenters. The predicted molar refractivity (Wildman–Crippen MR) is 24.2 cm³/mol. The topological polar surface area (TPSA) is 18.5 Å². The monoisotopic (exact) mass is 106 g/mol. The Bertz CT molecular complexity index is 44.1. The third-order valence-electron chi connectivity index (χ3n) is 0.703. The number of hydrogen-bond acceptors (Lipinski definition) is 3. The molecule has 1 aliphatic carbocycles.